The van der Waals surface area contributed by atoms with Gasteiger partial charge in [-0.3, -0.25) is 23.7 Å². The fourth-order valence-corrected chi connectivity index (χ4v) is 4.45. The molecule has 206 valence electrons. The molecule has 5 rings (SSSR count). The van der Waals surface area contributed by atoms with Crippen LogP contribution in [0.15, 0.2) is 77.7 Å². The fraction of sp³-hybridized carbons (Fsp3) is 0.267. The topological polar surface area (TPSA) is 102 Å². The molecule has 0 unspecified atom stereocenters. The Morgan fingerprint density at radius 1 is 0.950 bits per heavy atom. The average Bonchev–Trinajstić information content (AvgIpc) is 2.98. The summed E-state index contributed by atoms with van der Waals surface area (Å²) < 4.78 is 25.8. The lowest BCUT2D eigenvalue weighted by Gasteiger charge is -2.26. The molecule has 4 aromatic rings. The number of ether oxygens (including phenoxy) is 2. The summed E-state index contributed by atoms with van der Waals surface area (Å²) >= 11 is 0. The molecule has 1 amide bonds. The van der Waals surface area contributed by atoms with Crippen LogP contribution in [0.1, 0.15) is 27.2 Å². The number of benzene rings is 2. The van der Waals surface area contributed by atoms with Crippen molar-refractivity contribution in [1.29, 1.82) is 0 Å². The number of rotatable bonds is 10. The summed E-state index contributed by atoms with van der Waals surface area (Å²) in [7, 11) is 0. The van der Waals surface area contributed by atoms with Crippen molar-refractivity contribution in [3.8, 4) is 5.75 Å². The van der Waals surface area contributed by atoms with Gasteiger partial charge in [-0.2, -0.15) is 0 Å². The number of nitrogens with one attached hydrogen (secondary N) is 1. The molecule has 0 aliphatic carbocycles. The zero-order valence-electron chi connectivity index (χ0n) is 21.8. The van der Waals surface area contributed by atoms with Crippen LogP contribution in [0.2, 0.25) is 0 Å². The highest BCUT2D eigenvalue weighted by Crippen LogP contribution is 2.17. The second kappa shape index (κ2) is 12.6. The van der Waals surface area contributed by atoms with E-state index in [1.165, 1.54) is 28.7 Å². The van der Waals surface area contributed by atoms with Gasteiger partial charge >= 0.3 is 5.56 Å². The maximum absolute atomic E-state index is 13.6. The number of carbonyl (C=O) groups excluding carboxylic acids is 2. The molecule has 1 aliphatic rings. The highest BCUT2D eigenvalue weighted by Gasteiger charge is 2.22. The number of carbonyl (C=O) groups is 2. The lowest BCUT2D eigenvalue weighted by molar-refractivity contribution is -0.117. The van der Waals surface area contributed by atoms with E-state index < -0.39 is 17.3 Å². The smallest absolute Gasteiger partial charge is 0.301 e. The molecule has 2 aromatic carbocycles. The molecule has 40 heavy (non-hydrogen) atoms. The van der Waals surface area contributed by atoms with Gasteiger partial charge in [0, 0.05) is 32.3 Å². The van der Waals surface area contributed by atoms with Crippen LogP contribution in [-0.2, 0) is 29.1 Å². The minimum atomic E-state index is -0.701. The predicted octanol–water partition coefficient (Wildman–Crippen LogP) is 2.79. The highest BCUT2D eigenvalue weighted by atomic mass is 19.1. The predicted molar refractivity (Wildman–Crippen MR) is 146 cm³/mol. The van der Waals surface area contributed by atoms with Crippen LogP contribution in [0.25, 0.3) is 5.65 Å². The Hall–Kier alpha value is -4.41. The van der Waals surface area contributed by atoms with Crippen molar-refractivity contribution in [2.45, 2.75) is 19.6 Å². The van der Waals surface area contributed by atoms with Gasteiger partial charge in [0.05, 0.1) is 19.8 Å². The van der Waals surface area contributed by atoms with E-state index in [-0.39, 0.29) is 42.4 Å². The first-order valence-corrected chi connectivity index (χ1v) is 13.0. The number of aromatic nitrogens is 2. The Labute approximate surface area is 230 Å². The normalized spacial score (nSPS) is 13.7. The molecule has 0 spiro atoms. The molecule has 10 heteroatoms. The first-order chi connectivity index (χ1) is 19.5. The lowest BCUT2D eigenvalue weighted by Crippen LogP contribution is -2.36. The number of hydrogen-bond acceptors (Lipinski definition) is 7. The number of pyridine rings is 1. The van der Waals surface area contributed by atoms with Crippen molar-refractivity contribution < 1.29 is 23.5 Å². The van der Waals surface area contributed by atoms with Gasteiger partial charge in [-0.1, -0.05) is 48.5 Å². The zero-order chi connectivity index (χ0) is 27.9. The van der Waals surface area contributed by atoms with Crippen molar-refractivity contribution in [1.82, 2.24) is 19.6 Å². The molecule has 0 radical (unpaired) electrons. The van der Waals surface area contributed by atoms with E-state index in [2.05, 4.69) is 15.2 Å². The molecule has 3 heterocycles. The molecular weight excluding hydrogens is 515 g/mol. The first-order valence-electron chi connectivity index (χ1n) is 13.0. The van der Waals surface area contributed by atoms with Gasteiger partial charge in [-0.15, -0.1) is 0 Å². The number of amides is 1. The van der Waals surface area contributed by atoms with E-state index in [1.807, 2.05) is 36.4 Å². The maximum atomic E-state index is 13.6. The van der Waals surface area contributed by atoms with Crippen molar-refractivity contribution in [2.75, 3.05) is 32.8 Å². The Kier molecular flexibility index (Phi) is 8.58. The molecule has 0 bridgehead atoms. The van der Waals surface area contributed by atoms with Gasteiger partial charge in [0.15, 0.2) is 11.5 Å². The van der Waals surface area contributed by atoms with Gasteiger partial charge in [-0.25, -0.2) is 9.37 Å². The van der Waals surface area contributed by atoms with Crippen molar-refractivity contribution >= 4 is 17.3 Å². The number of hydrogen-bond donors (Lipinski definition) is 1. The molecule has 0 atom stereocenters. The van der Waals surface area contributed by atoms with E-state index in [1.54, 1.807) is 12.3 Å². The SMILES string of the molecule is O=C(CNC(=O)c1nc2ccc(CN3CCOCC3)cn2c(=O)c1OCc1ccccc1)Cc1ccc(F)cc1. The lowest BCUT2D eigenvalue weighted by atomic mass is 10.1. The fourth-order valence-electron chi connectivity index (χ4n) is 4.45. The summed E-state index contributed by atoms with van der Waals surface area (Å²) in [6, 6.07) is 18.4. The summed E-state index contributed by atoms with van der Waals surface area (Å²) in [5.41, 5.74) is 1.92. The van der Waals surface area contributed by atoms with Crippen LogP contribution in [0.3, 0.4) is 0 Å². The largest absolute Gasteiger partial charge is 0.481 e. The highest BCUT2D eigenvalue weighted by molar-refractivity contribution is 5.97. The third kappa shape index (κ3) is 6.77. The molecule has 1 aliphatic heterocycles. The number of Topliss-reactive ketones (excluding diaryl/α,β-unsaturated/α-hetero) is 1. The summed E-state index contributed by atoms with van der Waals surface area (Å²) in [5.74, 6) is -1.58. The van der Waals surface area contributed by atoms with Crippen LogP contribution in [0.4, 0.5) is 4.39 Å². The number of ketones is 1. The standard InChI is InChI=1S/C30H29FN4O5/c31-24-9-6-21(7-10-24)16-25(36)17-32-29(37)27-28(40-20-22-4-2-1-3-5-22)30(38)35-19-23(8-11-26(35)33-27)18-34-12-14-39-15-13-34/h1-11,19H,12-18,20H2,(H,32,37). The van der Waals surface area contributed by atoms with Crippen molar-refractivity contribution in [3.63, 3.8) is 0 Å². The van der Waals surface area contributed by atoms with Gasteiger partial charge in [0.1, 0.15) is 18.1 Å². The van der Waals surface area contributed by atoms with E-state index in [0.717, 1.165) is 24.2 Å². The number of morpholine rings is 1. The van der Waals surface area contributed by atoms with E-state index in [4.69, 9.17) is 9.47 Å². The Morgan fingerprint density at radius 2 is 1.68 bits per heavy atom. The monoisotopic (exact) mass is 544 g/mol. The Morgan fingerprint density at radius 3 is 2.42 bits per heavy atom. The molecule has 2 aromatic heterocycles. The number of nitrogens with zero attached hydrogens (tertiary/aromatic N) is 3. The summed E-state index contributed by atoms with van der Waals surface area (Å²) in [4.78, 5) is 46.0. The van der Waals surface area contributed by atoms with Crippen molar-refractivity contribution in [2.24, 2.45) is 0 Å². The van der Waals surface area contributed by atoms with Crippen LogP contribution in [-0.4, -0.2) is 58.8 Å². The number of halogens is 1. The molecular formula is C30H29FN4O5. The van der Waals surface area contributed by atoms with E-state index >= 15 is 0 Å². The van der Waals surface area contributed by atoms with E-state index in [9.17, 15) is 18.8 Å². The molecule has 1 fully saturated rings. The van der Waals surface area contributed by atoms with Crippen LogP contribution >= 0.6 is 0 Å². The quantitative estimate of drug-likeness (QED) is 0.328. The molecule has 1 N–H and O–H groups in total. The third-order valence-electron chi connectivity index (χ3n) is 6.55. The molecule has 9 nitrogen and oxygen atoms in total. The second-order valence-electron chi connectivity index (χ2n) is 9.55. The maximum Gasteiger partial charge on any atom is 0.301 e. The van der Waals surface area contributed by atoms with Crippen LogP contribution in [0.5, 0.6) is 5.75 Å². The molecule has 1 saturated heterocycles. The number of fused-ring (bicyclic) bond motifs is 1. The van der Waals surface area contributed by atoms with E-state index in [0.29, 0.717) is 25.3 Å². The van der Waals surface area contributed by atoms with Crippen LogP contribution < -0.4 is 15.6 Å². The molecule has 0 saturated carbocycles. The minimum absolute atomic E-state index is 0.0254. The zero-order valence-corrected chi connectivity index (χ0v) is 21.8. The van der Waals surface area contributed by atoms with Gasteiger partial charge in [0.2, 0.25) is 5.75 Å². The Bertz CT molecular complexity index is 1550. The minimum Gasteiger partial charge on any atom is -0.481 e. The Balaban J connectivity index is 1.38. The summed E-state index contributed by atoms with van der Waals surface area (Å²) in [6.45, 7) is 3.35. The summed E-state index contributed by atoms with van der Waals surface area (Å²) in [5, 5.41) is 2.55. The third-order valence-corrected chi connectivity index (χ3v) is 6.55. The van der Waals surface area contributed by atoms with Gasteiger partial charge in [-0.05, 0) is 34.9 Å². The van der Waals surface area contributed by atoms with Gasteiger partial charge < -0.3 is 14.8 Å². The van der Waals surface area contributed by atoms with Crippen molar-refractivity contribution in [3.05, 3.63) is 111 Å². The van der Waals surface area contributed by atoms with Crippen LogP contribution in [0, 0.1) is 5.82 Å². The van der Waals surface area contributed by atoms with Gasteiger partial charge in [0.25, 0.3) is 5.91 Å². The first kappa shape index (κ1) is 27.2. The second-order valence-corrected chi connectivity index (χ2v) is 9.55. The average molecular weight is 545 g/mol. The summed E-state index contributed by atoms with van der Waals surface area (Å²) in [6.07, 6.45) is 1.74.